The van der Waals surface area contributed by atoms with Crippen molar-refractivity contribution in [1.82, 2.24) is 4.90 Å². The Bertz CT molecular complexity index is 439. The monoisotopic (exact) mass is 256 g/mol. The number of nitrogens with zero attached hydrogens (tertiary/aromatic N) is 1. The predicted octanol–water partition coefficient (Wildman–Crippen LogP) is 1.92. The fourth-order valence-electron chi connectivity index (χ4n) is 2.66. The summed E-state index contributed by atoms with van der Waals surface area (Å²) in [5, 5.41) is 0. The van der Waals surface area contributed by atoms with Gasteiger partial charge in [0.25, 0.3) is 0 Å². The summed E-state index contributed by atoms with van der Waals surface area (Å²) in [5.74, 6) is -1.41. The number of methoxy groups -OCH3 is 1. The van der Waals surface area contributed by atoms with E-state index in [2.05, 4.69) is 4.90 Å². The van der Waals surface area contributed by atoms with Gasteiger partial charge in [-0.05, 0) is 32.0 Å². The second kappa shape index (κ2) is 5.20. The molecule has 2 N–H and O–H groups in total. The van der Waals surface area contributed by atoms with Gasteiger partial charge in [-0.25, -0.2) is 4.39 Å². The minimum absolute atomic E-state index is 0.00419. The molecule has 1 heterocycles. The number of hydrogen-bond donors (Lipinski definition) is 1. The van der Waals surface area contributed by atoms with E-state index < -0.39 is 11.6 Å². The molecular formula is C13H18F2N2O. The largest absolute Gasteiger partial charge is 0.493 e. The third kappa shape index (κ3) is 2.20. The van der Waals surface area contributed by atoms with Crippen LogP contribution in [0.5, 0.6) is 5.75 Å². The van der Waals surface area contributed by atoms with E-state index in [1.165, 1.54) is 7.11 Å². The van der Waals surface area contributed by atoms with Crippen LogP contribution in [0.2, 0.25) is 0 Å². The zero-order valence-electron chi connectivity index (χ0n) is 10.6. The minimum Gasteiger partial charge on any atom is -0.493 e. The Hall–Kier alpha value is -1.20. The summed E-state index contributed by atoms with van der Waals surface area (Å²) in [6.45, 7) is 1.47. The lowest BCUT2D eigenvalue weighted by molar-refractivity contribution is 0.296. The molecule has 0 saturated carbocycles. The van der Waals surface area contributed by atoms with Gasteiger partial charge in [0, 0.05) is 18.2 Å². The first-order valence-electron chi connectivity index (χ1n) is 6.00. The molecule has 0 bridgehead atoms. The van der Waals surface area contributed by atoms with Crippen LogP contribution in [0, 0.1) is 17.6 Å². The second-order valence-electron chi connectivity index (χ2n) is 4.78. The summed E-state index contributed by atoms with van der Waals surface area (Å²) in [7, 11) is 3.32. The van der Waals surface area contributed by atoms with E-state index in [0.29, 0.717) is 18.0 Å². The van der Waals surface area contributed by atoms with Gasteiger partial charge in [-0.2, -0.15) is 4.39 Å². The number of halogens is 2. The molecular weight excluding hydrogens is 238 g/mol. The summed E-state index contributed by atoms with van der Waals surface area (Å²) in [6, 6.07) is 2.78. The van der Waals surface area contributed by atoms with Crippen LogP contribution in [0.4, 0.5) is 8.78 Å². The summed E-state index contributed by atoms with van der Waals surface area (Å²) in [4.78, 5) is 2.10. The molecule has 0 amide bonds. The first-order valence-corrected chi connectivity index (χ1v) is 6.00. The van der Waals surface area contributed by atoms with Gasteiger partial charge in [-0.3, -0.25) is 4.90 Å². The highest BCUT2D eigenvalue weighted by Crippen LogP contribution is 2.39. The first kappa shape index (κ1) is 13.2. The average molecular weight is 256 g/mol. The Balaban J connectivity index is 2.36. The van der Waals surface area contributed by atoms with Crippen LogP contribution in [0.1, 0.15) is 18.0 Å². The molecule has 1 aliphatic heterocycles. The molecule has 1 saturated heterocycles. The van der Waals surface area contributed by atoms with Crippen LogP contribution >= 0.6 is 0 Å². The van der Waals surface area contributed by atoms with Gasteiger partial charge in [-0.15, -0.1) is 0 Å². The normalized spacial score (nSPS) is 24.5. The number of rotatable bonds is 3. The zero-order chi connectivity index (χ0) is 13.3. The van der Waals surface area contributed by atoms with E-state index in [4.69, 9.17) is 10.5 Å². The molecule has 2 unspecified atom stereocenters. The number of nitrogens with two attached hydrogens (primary N) is 1. The topological polar surface area (TPSA) is 38.5 Å². The van der Waals surface area contributed by atoms with Gasteiger partial charge in [0.2, 0.25) is 5.82 Å². The standard InChI is InChI=1S/C13H18F2N2O/c1-17-7-8(6-16)5-11(17)9-3-4-10(14)12(15)13(9)18-2/h3-4,8,11H,5-7,16H2,1-2H3. The van der Waals surface area contributed by atoms with Crippen molar-refractivity contribution in [3.05, 3.63) is 29.3 Å². The van der Waals surface area contributed by atoms with Crippen LogP contribution in [-0.2, 0) is 0 Å². The van der Waals surface area contributed by atoms with Gasteiger partial charge in [-0.1, -0.05) is 6.07 Å². The van der Waals surface area contributed by atoms with E-state index in [9.17, 15) is 8.78 Å². The van der Waals surface area contributed by atoms with Gasteiger partial charge in [0.05, 0.1) is 7.11 Å². The van der Waals surface area contributed by atoms with Gasteiger partial charge in [0.1, 0.15) is 0 Å². The minimum atomic E-state index is -0.917. The van der Waals surface area contributed by atoms with Crippen molar-refractivity contribution >= 4 is 0 Å². The van der Waals surface area contributed by atoms with Crippen LogP contribution in [0.15, 0.2) is 12.1 Å². The number of benzene rings is 1. The van der Waals surface area contributed by atoms with Gasteiger partial charge in [0.15, 0.2) is 11.6 Å². The molecule has 0 spiro atoms. The molecule has 2 rings (SSSR count). The fourth-order valence-corrected chi connectivity index (χ4v) is 2.66. The van der Waals surface area contributed by atoms with E-state index in [-0.39, 0.29) is 11.8 Å². The molecule has 0 aromatic heterocycles. The Morgan fingerprint density at radius 1 is 1.44 bits per heavy atom. The summed E-state index contributed by atoms with van der Waals surface area (Å²) in [5.41, 5.74) is 6.36. The maximum absolute atomic E-state index is 13.7. The highest BCUT2D eigenvalue weighted by Gasteiger charge is 2.32. The maximum Gasteiger partial charge on any atom is 0.200 e. The highest BCUT2D eigenvalue weighted by atomic mass is 19.2. The van der Waals surface area contributed by atoms with Gasteiger partial charge < -0.3 is 10.5 Å². The number of hydrogen-bond acceptors (Lipinski definition) is 3. The summed E-state index contributed by atoms with van der Waals surface area (Å²) < 4.78 is 31.9. The molecule has 1 fully saturated rings. The predicted molar refractivity (Wildman–Crippen MR) is 65.4 cm³/mol. The van der Waals surface area contributed by atoms with E-state index in [1.807, 2.05) is 7.05 Å². The first-order chi connectivity index (χ1) is 8.58. The molecule has 1 aromatic rings. The van der Waals surface area contributed by atoms with Crippen molar-refractivity contribution in [2.75, 3.05) is 27.2 Å². The Labute approximate surface area is 106 Å². The fraction of sp³-hybridized carbons (Fsp3) is 0.538. The molecule has 1 aromatic carbocycles. The highest BCUT2D eigenvalue weighted by molar-refractivity contribution is 5.38. The third-order valence-corrected chi connectivity index (χ3v) is 3.61. The number of likely N-dealkylation sites (tertiary alicyclic amines) is 1. The Morgan fingerprint density at radius 3 is 2.72 bits per heavy atom. The number of ether oxygens (including phenoxy) is 1. The maximum atomic E-state index is 13.7. The average Bonchev–Trinajstić information content (AvgIpc) is 2.74. The Kier molecular flexibility index (Phi) is 3.82. The zero-order valence-corrected chi connectivity index (χ0v) is 10.6. The van der Waals surface area contributed by atoms with Crippen LogP contribution in [0.25, 0.3) is 0 Å². The molecule has 5 heteroatoms. The lowest BCUT2D eigenvalue weighted by Crippen LogP contribution is -2.21. The lowest BCUT2D eigenvalue weighted by Gasteiger charge is -2.22. The lowest BCUT2D eigenvalue weighted by atomic mass is 9.99. The molecule has 2 atom stereocenters. The summed E-state index contributed by atoms with van der Waals surface area (Å²) in [6.07, 6.45) is 0.842. The third-order valence-electron chi connectivity index (χ3n) is 3.61. The quantitative estimate of drug-likeness (QED) is 0.898. The molecule has 100 valence electrons. The van der Waals surface area contributed by atoms with Crippen molar-refractivity contribution in [3.63, 3.8) is 0 Å². The molecule has 0 radical (unpaired) electrons. The Morgan fingerprint density at radius 2 is 2.17 bits per heavy atom. The van der Waals surface area contributed by atoms with Gasteiger partial charge >= 0.3 is 0 Å². The van der Waals surface area contributed by atoms with Crippen molar-refractivity contribution < 1.29 is 13.5 Å². The van der Waals surface area contributed by atoms with Crippen LogP contribution < -0.4 is 10.5 Å². The van der Waals surface area contributed by atoms with E-state index in [0.717, 1.165) is 19.0 Å². The van der Waals surface area contributed by atoms with E-state index >= 15 is 0 Å². The van der Waals surface area contributed by atoms with Crippen molar-refractivity contribution in [2.24, 2.45) is 11.7 Å². The SMILES string of the molecule is COc1c(C2CC(CN)CN2C)ccc(F)c1F. The second-order valence-corrected chi connectivity index (χ2v) is 4.78. The summed E-state index contributed by atoms with van der Waals surface area (Å²) >= 11 is 0. The van der Waals surface area contributed by atoms with Crippen LogP contribution in [0.3, 0.4) is 0 Å². The van der Waals surface area contributed by atoms with Crippen molar-refractivity contribution in [2.45, 2.75) is 12.5 Å². The molecule has 0 aliphatic carbocycles. The molecule has 3 nitrogen and oxygen atoms in total. The molecule has 1 aliphatic rings. The molecule has 18 heavy (non-hydrogen) atoms. The van der Waals surface area contributed by atoms with E-state index in [1.54, 1.807) is 6.07 Å². The smallest absolute Gasteiger partial charge is 0.200 e. The van der Waals surface area contributed by atoms with Crippen molar-refractivity contribution in [1.29, 1.82) is 0 Å². The van der Waals surface area contributed by atoms with Crippen LogP contribution in [-0.4, -0.2) is 32.1 Å². The van der Waals surface area contributed by atoms with Crippen molar-refractivity contribution in [3.8, 4) is 5.75 Å².